The Kier molecular flexibility index (Phi) is 18.4. The minimum atomic E-state index is -1.14. The highest BCUT2D eigenvalue weighted by molar-refractivity contribution is 6.97. The lowest BCUT2D eigenvalue weighted by Gasteiger charge is -2.06. The molecule has 0 unspecified atom stereocenters. The van der Waals surface area contributed by atoms with Gasteiger partial charge in [0.05, 0.1) is 0 Å². The number of phenols is 4. The average molecular weight is 927 g/mol. The summed E-state index contributed by atoms with van der Waals surface area (Å²) in [6, 6.07) is 22.9. The summed E-state index contributed by atoms with van der Waals surface area (Å²) in [5.41, 5.74) is 7.87. The van der Waals surface area contributed by atoms with Crippen molar-refractivity contribution in [2.45, 2.75) is 27.7 Å². The summed E-state index contributed by atoms with van der Waals surface area (Å²) >= 11 is 8.98. The van der Waals surface area contributed by atoms with Crippen LogP contribution in [0.1, 0.15) is 26.0 Å². The van der Waals surface area contributed by atoms with Crippen LogP contribution < -0.4 is 44.8 Å². The number of carbonyl (C=O) groups is 6. The largest absolute Gasteiger partial charge is 0.504 e. The van der Waals surface area contributed by atoms with Gasteiger partial charge in [0, 0.05) is 48.1 Å². The number of anilines is 3. The fourth-order valence-electron chi connectivity index (χ4n) is 5.15. The van der Waals surface area contributed by atoms with E-state index in [2.05, 4.69) is 33.8 Å². The van der Waals surface area contributed by atoms with Crippen molar-refractivity contribution in [1.29, 1.82) is 0 Å². The molecular formula is C43H41Cl2N3O16. The van der Waals surface area contributed by atoms with E-state index in [0.29, 0.717) is 52.3 Å². The zero-order chi connectivity index (χ0) is 44.9. The standard InChI is InChI=1S/C17H13NO6.C15H13NO6.C7H7NO2.C2Cl2O2.2CH4/c19-12(5-10-1-3-13-15(6-10)23-8-21-13)17(20)18-11-2-4-14-16(7-11)24-9-22-14;17-10-3-1-8(5-12(10)19)6-14(21)15(22)16-9-2-4-11(18)13(20)7-9;8-5-1-2-6-7(3-5)10-4-9-6;3-1(5)2(4)6;;/h1-4,6-7H,5,8-9H2,(H,18,20);1-5,7,17-20H,6H2,(H,16,22);1-3H,4,8H2;;2*1H4. The quantitative estimate of drug-likeness (QED) is 0.0296. The first-order chi connectivity index (χ1) is 29.6. The van der Waals surface area contributed by atoms with Crippen LogP contribution in [0.3, 0.4) is 0 Å². The molecule has 0 fully saturated rings. The number of nitrogen functional groups attached to an aromatic ring is 1. The van der Waals surface area contributed by atoms with Gasteiger partial charge in [-0.05, 0) is 95.0 Å². The summed E-state index contributed by atoms with van der Waals surface area (Å²) < 4.78 is 31.1. The molecule has 5 aromatic rings. The molecule has 8 N–H and O–H groups in total. The number of benzene rings is 5. The summed E-state index contributed by atoms with van der Waals surface area (Å²) in [6.07, 6.45) is -0.281. The summed E-state index contributed by atoms with van der Waals surface area (Å²) in [6.45, 7) is 0.617. The van der Waals surface area contributed by atoms with Crippen molar-refractivity contribution >= 4 is 74.1 Å². The first-order valence-electron chi connectivity index (χ1n) is 17.6. The zero-order valence-corrected chi connectivity index (χ0v) is 33.2. The Morgan fingerprint density at radius 3 is 1.34 bits per heavy atom. The number of rotatable bonds is 9. The van der Waals surface area contributed by atoms with E-state index in [-0.39, 0.29) is 64.2 Å². The molecule has 0 saturated heterocycles. The molecule has 21 heteroatoms. The van der Waals surface area contributed by atoms with Crippen LogP contribution in [0.4, 0.5) is 17.1 Å². The average Bonchev–Trinajstić information content (AvgIpc) is 4.02. The van der Waals surface area contributed by atoms with Crippen LogP contribution in [-0.4, -0.2) is 74.7 Å². The van der Waals surface area contributed by atoms with Crippen LogP contribution in [0.2, 0.25) is 0 Å². The van der Waals surface area contributed by atoms with Gasteiger partial charge in [-0.3, -0.25) is 28.8 Å². The van der Waals surface area contributed by atoms with E-state index in [4.69, 9.17) is 39.3 Å². The minimum Gasteiger partial charge on any atom is -0.504 e. The molecule has 3 aliphatic rings. The number of aromatic hydroxyl groups is 4. The number of nitrogens with two attached hydrogens (primary N) is 1. The lowest BCUT2D eigenvalue weighted by atomic mass is 10.1. The van der Waals surface area contributed by atoms with E-state index in [1.54, 1.807) is 54.6 Å². The molecular weight excluding hydrogens is 885 g/mol. The number of halogens is 2. The maximum absolute atomic E-state index is 12.1. The van der Waals surface area contributed by atoms with E-state index in [1.165, 1.54) is 30.3 Å². The number of amides is 2. The minimum absolute atomic E-state index is 0. The summed E-state index contributed by atoms with van der Waals surface area (Å²) in [7, 11) is 0. The second-order valence-electron chi connectivity index (χ2n) is 12.6. The Morgan fingerprint density at radius 1 is 0.469 bits per heavy atom. The Balaban J connectivity index is 0.000000250. The zero-order valence-electron chi connectivity index (χ0n) is 31.7. The van der Waals surface area contributed by atoms with Gasteiger partial charge in [0.1, 0.15) is 0 Å². The second-order valence-corrected chi connectivity index (χ2v) is 13.2. The van der Waals surface area contributed by atoms with Gasteiger partial charge in [-0.2, -0.15) is 0 Å². The molecule has 0 radical (unpaired) electrons. The van der Waals surface area contributed by atoms with Crippen molar-refractivity contribution in [2.75, 3.05) is 36.7 Å². The predicted molar refractivity (Wildman–Crippen MR) is 232 cm³/mol. The predicted octanol–water partition coefficient (Wildman–Crippen LogP) is 5.94. The summed E-state index contributed by atoms with van der Waals surface area (Å²) in [4.78, 5) is 66.6. The Labute approximate surface area is 374 Å². The molecule has 8 rings (SSSR count). The van der Waals surface area contributed by atoms with Crippen LogP contribution in [0, 0.1) is 0 Å². The molecule has 3 aliphatic heterocycles. The molecule has 2 amide bonds. The van der Waals surface area contributed by atoms with Gasteiger partial charge in [-0.25, -0.2) is 0 Å². The third-order valence-corrected chi connectivity index (χ3v) is 8.57. The first kappa shape index (κ1) is 50.5. The van der Waals surface area contributed by atoms with Crippen LogP contribution in [-0.2, 0) is 41.6 Å². The van der Waals surface area contributed by atoms with Gasteiger partial charge in [0.25, 0.3) is 11.8 Å². The third kappa shape index (κ3) is 14.4. The Bertz CT molecular complexity index is 2390. The Morgan fingerprint density at radius 2 is 0.844 bits per heavy atom. The topological polar surface area (TPSA) is 289 Å². The van der Waals surface area contributed by atoms with Crippen molar-refractivity contribution in [1.82, 2.24) is 0 Å². The normalized spacial score (nSPS) is 11.5. The third-order valence-electron chi connectivity index (χ3n) is 8.13. The van der Waals surface area contributed by atoms with Gasteiger partial charge < -0.3 is 65.2 Å². The van der Waals surface area contributed by atoms with Crippen molar-refractivity contribution in [2.24, 2.45) is 0 Å². The summed E-state index contributed by atoms with van der Waals surface area (Å²) in [5, 5.41) is 39.5. The molecule has 64 heavy (non-hydrogen) atoms. The fraction of sp³-hybridized carbons (Fsp3) is 0.163. The van der Waals surface area contributed by atoms with Gasteiger partial charge in [-0.15, -0.1) is 0 Å². The van der Waals surface area contributed by atoms with Crippen LogP contribution >= 0.6 is 23.2 Å². The van der Waals surface area contributed by atoms with Gasteiger partial charge in [0.15, 0.2) is 57.5 Å². The van der Waals surface area contributed by atoms with E-state index in [1.807, 2.05) is 0 Å². The molecule has 0 saturated carbocycles. The molecule has 5 aromatic carbocycles. The van der Waals surface area contributed by atoms with Crippen LogP contribution in [0.25, 0.3) is 0 Å². The maximum Gasteiger partial charge on any atom is 0.304 e. The molecule has 0 bridgehead atoms. The highest BCUT2D eigenvalue weighted by Crippen LogP contribution is 2.36. The van der Waals surface area contributed by atoms with Crippen molar-refractivity contribution in [3.05, 3.63) is 102 Å². The number of nitrogens with one attached hydrogen (secondary N) is 2. The first-order valence-corrected chi connectivity index (χ1v) is 18.4. The van der Waals surface area contributed by atoms with Crippen molar-refractivity contribution < 1.29 is 77.6 Å². The van der Waals surface area contributed by atoms with Crippen molar-refractivity contribution in [3.8, 4) is 57.5 Å². The van der Waals surface area contributed by atoms with E-state index < -0.39 is 39.6 Å². The molecule has 338 valence electrons. The van der Waals surface area contributed by atoms with E-state index in [0.717, 1.165) is 17.6 Å². The molecule has 0 aromatic heterocycles. The number of ether oxygens (including phenoxy) is 6. The second kappa shape index (κ2) is 23.4. The van der Waals surface area contributed by atoms with Crippen molar-refractivity contribution in [3.63, 3.8) is 0 Å². The highest BCUT2D eigenvalue weighted by Gasteiger charge is 2.20. The number of hydrogen-bond donors (Lipinski definition) is 7. The fourth-order valence-corrected chi connectivity index (χ4v) is 5.15. The number of Topliss-reactive ketones (excluding diaryl/α,β-unsaturated/α-hetero) is 2. The van der Waals surface area contributed by atoms with Gasteiger partial charge >= 0.3 is 10.5 Å². The summed E-state index contributed by atoms with van der Waals surface area (Å²) in [5.74, 6) is -0.502. The smallest absolute Gasteiger partial charge is 0.304 e. The molecule has 0 aliphatic carbocycles. The Hall–Kier alpha value is -7.90. The molecule has 19 nitrogen and oxygen atoms in total. The van der Waals surface area contributed by atoms with Crippen LogP contribution in [0.15, 0.2) is 91.0 Å². The molecule has 3 heterocycles. The monoisotopic (exact) mass is 925 g/mol. The van der Waals surface area contributed by atoms with Crippen LogP contribution in [0.5, 0.6) is 57.5 Å². The number of hydrogen-bond acceptors (Lipinski definition) is 17. The molecule has 0 atom stereocenters. The number of phenolic OH excluding ortho intramolecular Hbond substituents is 4. The molecule has 0 spiro atoms. The SMILES string of the molecule is C.C.Nc1ccc2c(c1)OCO2.O=C(Cc1ccc(O)c(O)c1)C(=O)Nc1ccc(O)c(O)c1.O=C(Cc1ccc2c(c1)OCO2)C(=O)Nc1ccc2c(c1)OCO2.O=C(Cl)C(=O)Cl. The number of ketones is 2. The lowest BCUT2D eigenvalue weighted by molar-refractivity contribution is -0.134. The lowest BCUT2D eigenvalue weighted by Crippen LogP contribution is -2.24. The highest BCUT2D eigenvalue weighted by atomic mass is 35.5. The van der Waals surface area contributed by atoms with Gasteiger partial charge in [-0.1, -0.05) is 27.0 Å². The van der Waals surface area contributed by atoms with E-state index >= 15 is 0 Å². The number of fused-ring (bicyclic) bond motifs is 3. The maximum atomic E-state index is 12.1. The number of carbonyl (C=O) groups excluding carboxylic acids is 6. The van der Waals surface area contributed by atoms with Gasteiger partial charge in [0.2, 0.25) is 31.9 Å². The van der Waals surface area contributed by atoms with E-state index in [9.17, 15) is 44.1 Å².